The number of nitriles is 1. The zero-order chi connectivity index (χ0) is 32.0. The first kappa shape index (κ1) is 27.6. The van der Waals surface area contributed by atoms with E-state index in [1.54, 1.807) is 6.20 Å². The van der Waals surface area contributed by atoms with Crippen LogP contribution in [0, 0.1) is 11.3 Å². The van der Waals surface area contributed by atoms with Gasteiger partial charge >= 0.3 is 0 Å². The van der Waals surface area contributed by atoms with Crippen LogP contribution in [0.4, 0.5) is 0 Å². The Morgan fingerprint density at radius 2 is 1.08 bits per heavy atom. The smallest absolute Gasteiger partial charge is 0.160 e. The lowest BCUT2D eigenvalue weighted by Crippen LogP contribution is -1.96. The molecule has 0 bridgehead atoms. The van der Waals surface area contributed by atoms with E-state index in [4.69, 9.17) is 9.97 Å². The summed E-state index contributed by atoms with van der Waals surface area (Å²) in [5, 5.41) is 17.0. The van der Waals surface area contributed by atoms with E-state index < -0.39 is 0 Å². The molecule has 0 aliphatic heterocycles. The second kappa shape index (κ2) is 11.3. The van der Waals surface area contributed by atoms with Crippen LogP contribution in [-0.2, 0) is 0 Å². The Hall–Kier alpha value is -6.70. The van der Waals surface area contributed by atoms with Gasteiger partial charge in [0.25, 0.3) is 0 Å². The predicted molar refractivity (Wildman–Crippen MR) is 195 cm³/mol. The Morgan fingerprint density at radius 3 is 1.83 bits per heavy atom. The first-order chi connectivity index (χ1) is 23.7. The maximum absolute atomic E-state index is 9.36. The maximum Gasteiger partial charge on any atom is 0.160 e. The third-order valence-corrected chi connectivity index (χ3v) is 9.17. The van der Waals surface area contributed by atoms with Gasteiger partial charge in [0.05, 0.1) is 23.0 Å². The maximum atomic E-state index is 9.36. The number of rotatable bonds is 5. The van der Waals surface area contributed by atoms with E-state index in [9.17, 15) is 5.26 Å². The van der Waals surface area contributed by atoms with Gasteiger partial charge in [-0.3, -0.25) is 4.98 Å². The highest BCUT2D eigenvalue weighted by Crippen LogP contribution is 2.39. The Bertz CT molecular complexity index is 2640. The normalized spacial score (nSPS) is 11.3. The van der Waals surface area contributed by atoms with Gasteiger partial charge < -0.3 is 0 Å². The van der Waals surface area contributed by atoms with Crippen molar-refractivity contribution in [1.82, 2.24) is 15.0 Å². The summed E-state index contributed by atoms with van der Waals surface area (Å²) in [5.41, 5.74) is 9.52. The molecule has 0 unspecified atom stereocenters. The van der Waals surface area contributed by atoms with E-state index in [1.807, 2.05) is 48.7 Å². The molecule has 0 aliphatic carbocycles. The van der Waals surface area contributed by atoms with Crippen molar-refractivity contribution in [3.05, 3.63) is 164 Å². The minimum atomic E-state index is 0.611. The van der Waals surface area contributed by atoms with E-state index >= 15 is 0 Å². The van der Waals surface area contributed by atoms with E-state index in [-0.39, 0.29) is 0 Å². The molecule has 0 fully saturated rings. The van der Waals surface area contributed by atoms with Crippen LogP contribution < -0.4 is 0 Å². The molecule has 0 aliphatic rings. The van der Waals surface area contributed by atoms with Gasteiger partial charge in [0.1, 0.15) is 0 Å². The van der Waals surface area contributed by atoms with E-state index in [1.165, 1.54) is 37.9 Å². The summed E-state index contributed by atoms with van der Waals surface area (Å²) in [4.78, 5) is 14.4. The largest absolute Gasteiger partial charge is 0.264 e. The number of hydrogen-bond acceptors (Lipinski definition) is 4. The zero-order valence-electron chi connectivity index (χ0n) is 25.8. The highest BCUT2D eigenvalue weighted by Gasteiger charge is 2.15. The average Bonchev–Trinajstić information content (AvgIpc) is 3.17. The van der Waals surface area contributed by atoms with Gasteiger partial charge in [-0.1, -0.05) is 115 Å². The highest BCUT2D eigenvalue weighted by atomic mass is 14.9. The summed E-state index contributed by atoms with van der Waals surface area (Å²) in [6, 6.07) is 52.6. The molecule has 2 aromatic heterocycles. The number of hydrogen-bond donors (Lipinski definition) is 0. The van der Waals surface area contributed by atoms with Gasteiger partial charge in [0.2, 0.25) is 0 Å². The van der Waals surface area contributed by atoms with Crippen LogP contribution in [0.1, 0.15) is 5.56 Å². The summed E-state index contributed by atoms with van der Waals surface area (Å²) in [5.74, 6) is 0.639. The molecule has 4 heteroatoms. The molecule has 222 valence electrons. The van der Waals surface area contributed by atoms with Crippen molar-refractivity contribution >= 4 is 32.3 Å². The van der Waals surface area contributed by atoms with Gasteiger partial charge in [-0.15, -0.1) is 0 Å². The van der Waals surface area contributed by atoms with Crippen molar-refractivity contribution in [2.24, 2.45) is 0 Å². The quantitative estimate of drug-likeness (QED) is 0.182. The fourth-order valence-electron chi connectivity index (χ4n) is 6.77. The molecule has 4 nitrogen and oxygen atoms in total. The SMILES string of the molecule is N#Cc1ccc(-c2cc(-c3cccc(-c4cccnc4)c3)nc(-c3ccc(-c4ccc5ccc6cccc7ccc4c5c67)cc3)n2)cc1. The highest BCUT2D eigenvalue weighted by molar-refractivity contribution is 6.25. The second-order valence-corrected chi connectivity index (χ2v) is 12.0. The van der Waals surface area contributed by atoms with Crippen molar-refractivity contribution in [1.29, 1.82) is 5.26 Å². The summed E-state index contributed by atoms with van der Waals surface area (Å²) >= 11 is 0. The zero-order valence-corrected chi connectivity index (χ0v) is 25.8. The molecule has 9 rings (SSSR count). The van der Waals surface area contributed by atoms with Crippen molar-refractivity contribution < 1.29 is 0 Å². The topological polar surface area (TPSA) is 62.5 Å². The molecule has 9 aromatic rings. The summed E-state index contributed by atoms with van der Waals surface area (Å²) in [6.07, 6.45) is 3.65. The van der Waals surface area contributed by atoms with Crippen LogP contribution in [0.25, 0.3) is 88.5 Å². The standard InChI is InChI=1S/C44H26N4/c45-26-28-9-11-30(12-10-28)40-25-41(36-7-2-6-35(24-36)37-8-3-23-46-27-37)48-44(47-40)34-17-13-29(14-18-34)38-21-19-33-16-15-31-4-1-5-32-20-22-39(38)43(33)42(31)32/h1-25,27H. The van der Waals surface area contributed by atoms with Gasteiger partial charge in [-0.05, 0) is 79.3 Å². The third-order valence-electron chi connectivity index (χ3n) is 9.17. The molecular weight excluding hydrogens is 585 g/mol. The fraction of sp³-hybridized carbons (Fsp3) is 0. The molecule has 0 amide bonds. The Labute approximate surface area is 277 Å². The van der Waals surface area contributed by atoms with Crippen LogP contribution in [0.5, 0.6) is 0 Å². The second-order valence-electron chi connectivity index (χ2n) is 12.0. The van der Waals surface area contributed by atoms with E-state index in [0.717, 1.165) is 44.8 Å². The van der Waals surface area contributed by atoms with Crippen molar-refractivity contribution in [3.8, 4) is 62.2 Å². The summed E-state index contributed by atoms with van der Waals surface area (Å²) in [6.45, 7) is 0. The summed E-state index contributed by atoms with van der Waals surface area (Å²) < 4.78 is 0. The first-order valence-corrected chi connectivity index (χ1v) is 15.9. The lowest BCUT2D eigenvalue weighted by molar-refractivity contribution is 1.18. The van der Waals surface area contributed by atoms with Crippen LogP contribution in [0.3, 0.4) is 0 Å². The molecule has 48 heavy (non-hydrogen) atoms. The molecule has 2 heterocycles. The van der Waals surface area contributed by atoms with Gasteiger partial charge in [0, 0.05) is 34.6 Å². The minimum Gasteiger partial charge on any atom is -0.264 e. The molecule has 0 saturated carbocycles. The number of nitrogens with zero attached hydrogens (tertiary/aromatic N) is 4. The molecular formula is C44H26N4. The summed E-state index contributed by atoms with van der Waals surface area (Å²) in [7, 11) is 0. The van der Waals surface area contributed by atoms with Crippen molar-refractivity contribution in [2.75, 3.05) is 0 Å². The molecule has 0 atom stereocenters. The Balaban J connectivity index is 1.16. The van der Waals surface area contributed by atoms with Crippen LogP contribution in [0.2, 0.25) is 0 Å². The molecule has 0 radical (unpaired) electrons. The van der Waals surface area contributed by atoms with Gasteiger partial charge in [-0.2, -0.15) is 5.26 Å². The minimum absolute atomic E-state index is 0.611. The number of aromatic nitrogens is 3. The lowest BCUT2D eigenvalue weighted by atomic mass is 9.90. The molecule has 0 saturated heterocycles. The molecule has 0 N–H and O–H groups in total. The fourth-order valence-corrected chi connectivity index (χ4v) is 6.77. The lowest BCUT2D eigenvalue weighted by Gasteiger charge is -2.14. The van der Waals surface area contributed by atoms with Crippen LogP contribution >= 0.6 is 0 Å². The monoisotopic (exact) mass is 610 g/mol. The molecule has 7 aromatic carbocycles. The average molecular weight is 611 g/mol. The Kier molecular flexibility index (Phi) is 6.48. The van der Waals surface area contributed by atoms with Crippen LogP contribution in [-0.4, -0.2) is 15.0 Å². The number of pyridine rings is 1. The van der Waals surface area contributed by atoms with E-state index in [0.29, 0.717) is 11.4 Å². The van der Waals surface area contributed by atoms with Gasteiger partial charge in [0.15, 0.2) is 5.82 Å². The van der Waals surface area contributed by atoms with Crippen LogP contribution in [0.15, 0.2) is 158 Å². The van der Waals surface area contributed by atoms with Gasteiger partial charge in [-0.25, -0.2) is 9.97 Å². The predicted octanol–water partition coefficient (Wildman–Crippen LogP) is 11.0. The first-order valence-electron chi connectivity index (χ1n) is 15.9. The number of benzene rings is 7. The van der Waals surface area contributed by atoms with Crippen molar-refractivity contribution in [2.45, 2.75) is 0 Å². The van der Waals surface area contributed by atoms with Crippen molar-refractivity contribution in [3.63, 3.8) is 0 Å². The molecule has 0 spiro atoms. The third kappa shape index (κ3) is 4.74. The van der Waals surface area contributed by atoms with E-state index in [2.05, 4.69) is 114 Å². The Morgan fingerprint density at radius 1 is 0.458 bits per heavy atom.